The number of nitrogens with zero attached hydrogens (tertiary/aromatic N) is 2. The van der Waals surface area contributed by atoms with Crippen molar-refractivity contribution in [2.45, 2.75) is 0 Å². The van der Waals surface area contributed by atoms with Crippen LogP contribution in [0, 0.1) is 0 Å². The van der Waals surface area contributed by atoms with Gasteiger partial charge in [-0.2, -0.15) is 0 Å². The Labute approximate surface area is 205 Å². The first-order chi connectivity index (χ1) is 15.9. The lowest BCUT2D eigenvalue weighted by Gasteiger charge is -2.25. The van der Waals surface area contributed by atoms with Gasteiger partial charge in [0.25, 0.3) is 0 Å². The molecule has 3 aromatic rings. The molecule has 0 unspecified atom stereocenters. The number of ketones is 2. The molecule has 12 heteroatoms. The van der Waals surface area contributed by atoms with Crippen molar-refractivity contribution in [3.8, 4) is 0 Å². The number of fused-ring (bicyclic) bond motifs is 3. The quantitative estimate of drug-likeness (QED) is 0.0907. The number of hydrogen-bond acceptors (Lipinski definition) is 7. The highest BCUT2D eigenvalue weighted by molar-refractivity contribution is 7.18. The highest BCUT2D eigenvalue weighted by Gasteiger charge is 2.36. The predicted molar refractivity (Wildman–Crippen MR) is 141 cm³/mol. The van der Waals surface area contributed by atoms with E-state index in [0.717, 1.165) is 10.1 Å². The Bertz CT molecular complexity index is 1210. The van der Waals surface area contributed by atoms with Crippen LogP contribution in [-0.2, 0) is 0 Å². The van der Waals surface area contributed by atoms with Crippen molar-refractivity contribution in [2.75, 3.05) is 36.8 Å². The Kier molecular flexibility index (Phi) is 7.59. The van der Waals surface area contributed by atoms with E-state index in [2.05, 4.69) is 20.6 Å². The molecule has 10 nitrogen and oxygen atoms in total. The Morgan fingerprint density at radius 3 is 1.82 bits per heavy atom. The number of anilines is 2. The van der Waals surface area contributed by atoms with Gasteiger partial charge in [0.1, 0.15) is 0 Å². The topological polar surface area (TPSA) is 187 Å². The third kappa shape index (κ3) is 4.61. The van der Waals surface area contributed by atoms with Gasteiger partial charge < -0.3 is 33.6 Å². The van der Waals surface area contributed by atoms with Crippen molar-refractivity contribution < 1.29 is 9.59 Å². The second-order valence-electron chi connectivity index (χ2n) is 7.33. The van der Waals surface area contributed by atoms with E-state index in [0.29, 0.717) is 59.8 Å². The molecule has 4 rings (SSSR count). The van der Waals surface area contributed by atoms with Gasteiger partial charge in [-0.05, 0) is 11.4 Å². The molecule has 0 radical (unpaired) electrons. The Balaban J connectivity index is 0.00000324. The van der Waals surface area contributed by atoms with Crippen LogP contribution in [0.5, 0.6) is 0 Å². The molecule has 1 aliphatic rings. The molecule has 0 aliphatic heterocycles. The smallest absolute Gasteiger partial charge is 0.196 e. The van der Waals surface area contributed by atoms with E-state index in [1.807, 2.05) is 11.4 Å². The van der Waals surface area contributed by atoms with Gasteiger partial charge in [-0.1, -0.05) is 24.3 Å². The Hall–Kier alpha value is -3.83. The zero-order valence-corrected chi connectivity index (χ0v) is 19.8. The summed E-state index contributed by atoms with van der Waals surface area (Å²) in [5, 5.41) is 9.31. The first kappa shape index (κ1) is 24.8. The summed E-state index contributed by atoms with van der Waals surface area (Å²) < 4.78 is 0.850. The number of carbonyl (C=O) groups excluding carboxylic acids is 2. The highest BCUT2D eigenvalue weighted by atomic mass is 35.5. The molecule has 0 saturated heterocycles. The Morgan fingerprint density at radius 2 is 1.29 bits per heavy atom. The minimum Gasteiger partial charge on any atom is -0.382 e. The first-order valence-electron chi connectivity index (χ1n) is 10.2. The van der Waals surface area contributed by atoms with Crippen LogP contribution in [0.2, 0.25) is 0 Å². The second-order valence-corrected chi connectivity index (χ2v) is 8.25. The lowest BCUT2D eigenvalue weighted by Crippen LogP contribution is -2.26. The summed E-state index contributed by atoms with van der Waals surface area (Å²) in [5.41, 5.74) is 24.3. The van der Waals surface area contributed by atoms with Crippen LogP contribution in [-0.4, -0.2) is 49.7 Å². The summed E-state index contributed by atoms with van der Waals surface area (Å²) in [4.78, 5) is 35.2. The highest BCUT2D eigenvalue weighted by Crippen LogP contribution is 2.45. The summed E-state index contributed by atoms with van der Waals surface area (Å²) in [6.45, 7) is 1.41. The zero-order valence-electron chi connectivity index (χ0n) is 18.1. The zero-order chi connectivity index (χ0) is 23.5. The summed E-state index contributed by atoms with van der Waals surface area (Å²) in [7, 11) is 0. The number of benzene rings is 2. The van der Waals surface area contributed by atoms with Crippen molar-refractivity contribution in [1.29, 1.82) is 0 Å². The standard InChI is InChI=1S/C22H24N8O2S.ClH/c23-21(24)29-8-6-27-16-13-5-10-33-20(13)17(28-7-9-30-22(25)26)15-14(16)18(31)11-3-1-2-4-12(11)19(15)32;/h1-5,10,27-28H,6-9H2,(H4,23,24,29)(H4,25,26,30);1H. The lowest BCUT2D eigenvalue weighted by molar-refractivity contribution is 0.0980. The largest absolute Gasteiger partial charge is 0.382 e. The predicted octanol–water partition coefficient (Wildman–Crippen LogP) is 1.47. The van der Waals surface area contributed by atoms with Crippen LogP contribution in [0.25, 0.3) is 10.1 Å². The normalized spacial score (nSPS) is 11.8. The van der Waals surface area contributed by atoms with Gasteiger partial charge in [0.15, 0.2) is 23.5 Å². The van der Waals surface area contributed by atoms with Gasteiger partial charge in [0.2, 0.25) is 0 Å². The fraction of sp³-hybridized carbons (Fsp3) is 0.182. The minimum absolute atomic E-state index is 0. The van der Waals surface area contributed by atoms with E-state index >= 15 is 0 Å². The van der Waals surface area contributed by atoms with E-state index < -0.39 is 0 Å². The summed E-state index contributed by atoms with van der Waals surface area (Å²) in [5.74, 6) is -0.461. The summed E-state index contributed by atoms with van der Waals surface area (Å²) in [6, 6.07) is 8.76. The maximum absolute atomic E-state index is 13.6. The number of thiophene rings is 1. The van der Waals surface area contributed by atoms with Gasteiger partial charge in [-0.3, -0.25) is 19.6 Å². The number of nitrogens with one attached hydrogen (secondary N) is 2. The van der Waals surface area contributed by atoms with Crippen molar-refractivity contribution >= 4 is 68.7 Å². The summed E-state index contributed by atoms with van der Waals surface area (Å²) >= 11 is 1.48. The molecule has 0 atom stereocenters. The lowest BCUT2D eigenvalue weighted by atomic mass is 9.81. The first-order valence-corrected chi connectivity index (χ1v) is 11.1. The maximum Gasteiger partial charge on any atom is 0.196 e. The molecule has 0 spiro atoms. The van der Waals surface area contributed by atoms with Crippen LogP contribution < -0.4 is 33.6 Å². The molecule has 1 aliphatic carbocycles. The molecular weight excluding hydrogens is 476 g/mol. The SMILES string of the molecule is Cl.NC(N)=NCCNc1c2c(c(NCCN=C(N)N)c3sccc13)C(=O)c1ccccc1C2=O. The van der Waals surface area contributed by atoms with Gasteiger partial charge in [0.05, 0.1) is 40.3 Å². The Morgan fingerprint density at radius 1 is 0.794 bits per heavy atom. The van der Waals surface area contributed by atoms with Crippen molar-refractivity contribution in [2.24, 2.45) is 32.9 Å². The van der Waals surface area contributed by atoms with Crippen molar-refractivity contribution in [3.05, 3.63) is 58.0 Å². The van der Waals surface area contributed by atoms with Gasteiger partial charge in [0, 0.05) is 29.6 Å². The van der Waals surface area contributed by atoms with Crippen LogP contribution in [0.15, 0.2) is 45.7 Å². The molecule has 34 heavy (non-hydrogen) atoms. The molecule has 178 valence electrons. The van der Waals surface area contributed by atoms with E-state index in [9.17, 15) is 9.59 Å². The minimum atomic E-state index is -0.218. The molecule has 10 N–H and O–H groups in total. The molecule has 2 aromatic carbocycles. The van der Waals surface area contributed by atoms with Crippen LogP contribution >= 0.6 is 23.7 Å². The van der Waals surface area contributed by atoms with E-state index in [4.69, 9.17) is 22.9 Å². The molecule has 0 fully saturated rings. The number of rotatable bonds is 8. The van der Waals surface area contributed by atoms with E-state index in [1.54, 1.807) is 24.3 Å². The van der Waals surface area contributed by atoms with Crippen LogP contribution in [0.4, 0.5) is 11.4 Å². The number of guanidine groups is 2. The number of halogens is 1. The maximum atomic E-state index is 13.6. The average Bonchev–Trinajstić information content (AvgIpc) is 3.27. The number of carbonyl (C=O) groups is 2. The number of nitrogens with two attached hydrogens (primary N) is 4. The molecular formula is C22H25ClN8O2S. The molecule has 1 aromatic heterocycles. The summed E-state index contributed by atoms with van der Waals surface area (Å²) in [6.07, 6.45) is 0. The third-order valence-corrected chi connectivity index (χ3v) is 6.13. The van der Waals surface area contributed by atoms with Gasteiger partial charge in [-0.15, -0.1) is 23.7 Å². The van der Waals surface area contributed by atoms with Gasteiger partial charge >= 0.3 is 0 Å². The molecule has 1 heterocycles. The van der Waals surface area contributed by atoms with Crippen LogP contribution in [0.3, 0.4) is 0 Å². The molecule has 0 saturated carbocycles. The van der Waals surface area contributed by atoms with E-state index in [1.165, 1.54) is 11.3 Å². The van der Waals surface area contributed by atoms with Crippen molar-refractivity contribution in [3.63, 3.8) is 0 Å². The monoisotopic (exact) mass is 500 g/mol. The number of hydrogen-bond donors (Lipinski definition) is 6. The fourth-order valence-corrected chi connectivity index (χ4v) is 4.81. The molecule has 0 bridgehead atoms. The van der Waals surface area contributed by atoms with Crippen LogP contribution in [0.1, 0.15) is 31.8 Å². The van der Waals surface area contributed by atoms with E-state index in [-0.39, 0.29) is 35.9 Å². The number of aliphatic imine (C=N–C) groups is 2. The fourth-order valence-electron chi connectivity index (χ4n) is 3.88. The molecule has 0 amide bonds. The average molecular weight is 501 g/mol. The van der Waals surface area contributed by atoms with Crippen molar-refractivity contribution in [1.82, 2.24) is 0 Å². The third-order valence-electron chi connectivity index (χ3n) is 5.20. The second kappa shape index (κ2) is 10.4. The van der Waals surface area contributed by atoms with Gasteiger partial charge in [-0.25, -0.2) is 0 Å².